The fourth-order valence-corrected chi connectivity index (χ4v) is 3.09. The van der Waals surface area contributed by atoms with Crippen LogP contribution in [0.5, 0.6) is 0 Å². The number of rotatable bonds is 9. The lowest BCUT2D eigenvalue weighted by Gasteiger charge is -2.16. The number of amides is 3. The molecule has 5 heteroatoms. The lowest BCUT2D eigenvalue weighted by atomic mass is 10.0. The SMILES string of the molecule is CC(C)CCC[C@@H](C)NC(=O)CCCN1C(=O)c2ccccc2C1=O. The molecule has 0 spiro atoms. The minimum Gasteiger partial charge on any atom is -0.354 e. The van der Waals surface area contributed by atoms with Gasteiger partial charge in [-0.3, -0.25) is 19.3 Å². The molecule has 0 radical (unpaired) electrons. The Bertz CT molecular complexity index is 605. The molecule has 25 heavy (non-hydrogen) atoms. The van der Waals surface area contributed by atoms with Crippen LogP contribution in [-0.4, -0.2) is 35.2 Å². The Hall–Kier alpha value is -2.17. The summed E-state index contributed by atoms with van der Waals surface area (Å²) in [6.45, 7) is 6.69. The van der Waals surface area contributed by atoms with Crippen molar-refractivity contribution in [3.8, 4) is 0 Å². The molecule has 5 nitrogen and oxygen atoms in total. The maximum absolute atomic E-state index is 12.2. The van der Waals surface area contributed by atoms with E-state index < -0.39 is 0 Å². The van der Waals surface area contributed by atoms with Crippen LogP contribution < -0.4 is 5.32 Å². The number of carbonyl (C=O) groups is 3. The Morgan fingerprint density at radius 2 is 1.60 bits per heavy atom. The van der Waals surface area contributed by atoms with Gasteiger partial charge in [-0.1, -0.05) is 38.8 Å². The molecule has 0 bridgehead atoms. The summed E-state index contributed by atoms with van der Waals surface area (Å²) >= 11 is 0. The Morgan fingerprint density at radius 1 is 1.00 bits per heavy atom. The number of carbonyl (C=O) groups excluding carboxylic acids is 3. The van der Waals surface area contributed by atoms with Gasteiger partial charge in [-0.2, -0.15) is 0 Å². The second kappa shape index (κ2) is 8.79. The Balaban J connectivity index is 1.71. The van der Waals surface area contributed by atoms with Crippen molar-refractivity contribution in [1.82, 2.24) is 10.2 Å². The highest BCUT2D eigenvalue weighted by Gasteiger charge is 2.34. The summed E-state index contributed by atoms with van der Waals surface area (Å²) in [4.78, 5) is 37.7. The highest BCUT2D eigenvalue weighted by molar-refractivity contribution is 6.21. The van der Waals surface area contributed by atoms with Crippen molar-refractivity contribution in [3.63, 3.8) is 0 Å². The fraction of sp³-hybridized carbons (Fsp3) is 0.550. The van der Waals surface area contributed by atoms with Crippen molar-refractivity contribution in [2.75, 3.05) is 6.54 Å². The third kappa shape index (κ3) is 5.15. The Kier molecular flexibility index (Phi) is 6.73. The first kappa shape index (κ1) is 19.2. The lowest BCUT2D eigenvalue weighted by molar-refractivity contribution is -0.121. The van der Waals surface area contributed by atoms with Crippen LogP contribution in [0, 0.1) is 5.92 Å². The van der Waals surface area contributed by atoms with Crippen LogP contribution in [0.3, 0.4) is 0 Å². The maximum Gasteiger partial charge on any atom is 0.261 e. The summed E-state index contributed by atoms with van der Waals surface area (Å²) in [6, 6.07) is 7.00. The summed E-state index contributed by atoms with van der Waals surface area (Å²) in [5.74, 6) is 0.141. The predicted molar refractivity (Wildman–Crippen MR) is 97.3 cm³/mol. The number of nitrogens with zero attached hydrogens (tertiary/aromatic N) is 1. The molecular weight excluding hydrogens is 316 g/mol. The van der Waals surface area contributed by atoms with Crippen molar-refractivity contribution >= 4 is 17.7 Å². The number of hydrogen-bond donors (Lipinski definition) is 1. The van der Waals surface area contributed by atoms with Crippen LogP contribution >= 0.6 is 0 Å². The minimum absolute atomic E-state index is 0.0198. The van der Waals surface area contributed by atoms with Gasteiger partial charge in [0.15, 0.2) is 0 Å². The third-order valence-electron chi connectivity index (χ3n) is 4.49. The fourth-order valence-electron chi connectivity index (χ4n) is 3.09. The number of imide groups is 1. The van der Waals surface area contributed by atoms with Crippen LogP contribution in [0.25, 0.3) is 0 Å². The summed E-state index contributed by atoms with van der Waals surface area (Å²) in [5.41, 5.74) is 0.909. The number of fused-ring (bicyclic) bond motifs is 1. The Morgan fingerprint density at radius 3 is 2.16 bits per heavy atom. The van der Waals surface area contributed by atoms with Gasteiger partial charge < -0.3 is 5.32 Å². The molecule has 1 aliphatic rings. The van der Waals surface area contributed by atoms with E-state index in [1.807, 2.05) is 6.92 Å². The van der Waals surface area contributed by atoms with Crippen molar-refractivity contribution in [2.45, 2.75) is 58.9 Å². The average Bonchev–Trinajstić information content (AvgIpc) is 2.80. The van der Waals surface area contributed by atoms with E-state index in [9.17, 15) is 14.4 Å². The van der Waals surface area contributed by atoms with E-state index in [1.54, 1.807) is 24.3 Å². The van der Waals surface area contributed by atoms with Gasteiger partial charge in [-0.15, -0.1) is 0 Å². The second-order valence-electron chi connectivity index (χ2n) is 7.20. The van der Waals surface area contributed by atoms with E-state index in [4.69, 9.17) is 0 Å². The molecule has 0 aliphatic carbocycles. The van der Waals surface area contributed by atoms with Crippen molar-refractivity contribution < 1.29 is 14.4 Å². The molecule has 0 unspecified atom stereocenters. The van der Waals surface area contributed by atoms with Gasteiger partial charge in [0.25, 0.3) is 11.8 Å². The third-order valence-corrected chi connectivity index (χ3v) is 4.49. The first-order valence-electron chi connectivity index (χ1n) is 9.14. The smallest absolute Gasteiger partial charge is 0.261 e. The van der Waals surface area contributed by atoms with Crippen LogP contribution in [0.1, 0.15) is 73.6 Å². The van der Waals surface area contributed by atoms with E-state index in [2.05, 4.69) is 19.2 Å². The van der Waals surface area contributed by atoms with E-state index in [0.29, 0.717) is 29.9 Å². The van der Waals surface area contributed by atoms with E-state index >= 15 is 0 Å². The molecule has 0 aromatic heterocycles. The zero-order valence-electron chi connectivity index (χ0n) is 15.4. The molecule has 2 rings (SSSR count). The van der Waals surface area contributed by atoms with Crippen LogP contribution in [0.4, 0.5) is 0 Å². The van der Waals surface area contributed by atoms with Gasteiger partial charge in [0.2, 0.25) is 5.91 Å². The highest BCUT2D eigenvalue weighted by atomic mass is 16.2. The summed E-state index contributed by atoms with van der Waals surface area (Å²) in [5, 5.41) is 2.99. The van der Waals surface area contributed by atoms with Crippen molar-refractivity contribution in [2.24, 2.45) is 5.92 Å². The zero-order valence-corrected chi connectivity index (χ0v) is 15.4. The van der Waals surface area contributed by atoms with Gasteiger partial charge in [0.1, 0.15) is 0 Å². The molecule has 1 N–H and O–H groups in total. The van der Waals surface area contributed by atoms with Crippen LogP contribution in [-0.2, 0) is 4.79 Å². The lowest BCUT2D eigenvalue weighted by Crippen LogP contribution is -2.34. The van der Waals surface area contributed by atoms with Gasteiger partial charge in [-0.05, 0) is 37.8 Å². The quantitative estimate of drug-likeness (QED) is 0.698. The van der Waals surface area contributed by atoms with Gasteiger partial charge in [0.05, 0.1) is 11.1 Å². The first-order chi connectivity index (χ1) is 11.9. The highest BCUT2D eigenvalue weighted by Crippen LogP contribution is 2.22. The molecule has 0 saturated carbocycles. The van der Waals surface area contributed by atoms with Gasteiger partial charge in [0, 0.05) is 19.0 Å². The molecular formula is C20H28N2O3. The molecule has 0 fully saturated rings. The molecule has 1 heterocycles. The van der Waals surface area contributed by atoms with Crippen LogP contribution in [0.2, 0.25) is 0 Å². The molecule has 1 aromatic rings. The maximum atomic E-state index is 12.2. The summed E-state index contributed by atoms with van der Waals surface area (Å²) in [6.07, 6.45) is 4.05. The molecule has 136 valence electrons. The van der Waals surface area contributed by atoms with Crippen molar-refractivity contribution in [3.05, 3.63) is 35.4 Å². The van der Waals surface area contributed by atoms with E-state index in [1.165, 1.54) is 11.3 Å². The normalized spacial score (nSPS) is 14.8. The second-order valence-corrected chi connectivity index (χ2v) is 7.20. The van der Waals surface area contributed by atoms with E-state index in [-0.39, 0.29) is 30.3 Å². The largest absolute Gasteiger partial charge is 0.354 e. The zero-order chi connectivity index (χ0) is 18.4. The summed E-state index contributed by atoms with van der Waals surface area (Å²) in [7, 11) is 0. The van der Waals surface area contributed by atoms with Gasteiger partial charge in [-0.25, -0.2) is 0 Å². The number of nitrogens with one attached hydrogen (secondary N) is 1. The monoisotopic (exact) mass is 344 g/mol. The van der Waals surface area contributed by atoms with Crippen LogP contribution in [0.15, 0.2) is 24.3 Å². The molecule has 0 saturated heterocycles. The van der Waals surface area contributed by atoms with E-state index in [0.717, 1.165) is 12.8 Å². The topological polar surface area (TPSA) is 66.5 Å². The van der Waals surface area contributed by atoms with Crippen molar-refractivity contribution in [1.29, 1.82) is 0 Å². The average molecular weight is 344 g/mol. The standard InChI is InChI=1S/C20H28N2O3/c1-14(2)8-6-9-15(3)21-18(23)12-7-13-22-19(24)16-10-4-5-11-17(16)20(22)25/h4-5,10-11,14-15H,6-9,12-13H2,1-3H3,(H,21,23)/t15-/m1/s1. The summed E-state index contributed by atoms with van der Waals surface area (Å²) < 4.78 is 0. The first-order valence-corrected chi connectivity index (χ1v) is 9.14. The Labute approximate surface area is 149 Å². The molecule has 1 aromatic carbocycles. The number of benzene rings is 1. The van der Waals surface area contributed by atoms with Gasteiger partial charge >= 0.3 is 0 Å². The number of hydrogen-bond acceptors (Lipinski definition) is 3. The molecule has 1 atom stereocenters. The molecule has 3 amide bonds. The molecule has 1 aliphatic heterocycles. The minimum atomic E-state index is -0.261. The predicted octanol–water partition coefficient (Wildman–Crippen LogP) is 3.39.